The summed E-state index contributed by atoms with van der Waals surface area (Å²) in [4.78, 5) is 1.96. The average Bonchev–Trinajstić information content (AvgIpc) is 3.14. The van der Waals surface area contributed by atoms with Gasteiger partial charge in [0.25, 0.3) is 0 Å². The Morgan fingerprint density at radius 2 is 1.89 bits per heavy atom. The Bertz CT molecular complexity index is 455. The summed E-state index contributed by atoms with van der Waals surface area (Å²) in [5, 5.41) is 23.3. The molecule has 1 saturated carbocycles. The van der Waals surface area contributed by atoms with Gasteiger partial charge in [-0.1, -0.05) is 17.7 Å². The first kappa shape index (κ1) is 13.2. The molecular formula is C14H19ClN2O2. The second kappa shape index (κ2) is 5.29. The van der Waals surface area contributed by atoms with Crippen LogP contribution in [0.4, 0.5) is 5.69 Å². The Morgan fingerprint density at radius 3 is 2.47 bits per heavy atom. The van der Waals surface area contributed by atoms with Crippen molar-refractivity contribution in [1.82, 2.24) is 5.32 Å². The lowest BCUT2D eigenvalue weighted by molar-refractivity contribution is 0.0572. The van der Waals surface area contributed by atoms with Crippen molar-refractivity contribution in [2.45, 2.75) is 37.6 Å². The number of hydrogen-bond acceptors (Lipinski definition) is 4. The lowest BCUT2D eigenvalue weighted by atomic mass is 10.2. The van der Waals surface area contributed by atoms with Crippen molar-refractivity contribution in [2.24, 2.45) is 0 Å². The first-order chi connectivity index (χ1) is 9.13. The van der Waals surface area contributed by atoms with Crippen molar-refractivity contribution in [3.05, 3.63) is 28.8 Å². The predicted octanol–water partition coefficient (Wildman–Crippen LogP) is 1.13. The largest absolute Gasteiger partial charge is 0.389 e. The number of anilines is 1. The van der Waals surface area contributed by atoms with E-state index in [1.165, 1.54) is 12.8 Å². The lowest BCUT2D eigenvalue weighted by Crippen LogP contribution is -2.22. The Labute approximate surface area is 118 Å². The molecule has 0 aromatic heterocycles. The van der Waals surface area contributed by atoms with Crippen molar-refractivity contribution in [2.75, 3.05) is 18.0 Å². The molecule has 1 aromatic rings. The van der Waals surface area contributed by atoms with Gasteiger partial charge < -0.3 is 20.4 Å². The van der Waals surface area contributed by atoms with E-state index in [9.17, 15) is 10.2 Å². The third kappa shape index (κ3) is 3.03. The minimum atomic E-state index is -0.671. The molecule has 2 atom stereocenters. The van der Waals surface area contributed by atoms with Gasteiger partial charge in [0.2, 0.25) is 0 Å². The fraction of sp³-hybridized carbons (Fsp3) is 0.571. The number of aliphatic hydroxyl groups is 2. The summed E-state index contributed by atoms with van der Waals surface area (Å²) in [6.45, 7) is 1.71. The normalized spacial score (nSPS) is 27.0. The molecule has 5 heteroatoms. The summed E-state index contributed by atoms with van der Waals surface area (Å²) in [5.41, 5.74) is 2.05. The fourth-order valence-electron chi connectivity index (χ4n) is 2.40. The van der Waals surface area contributed by atoms with Gasteiger partial charge in [0.15, 0.2) is 0 Å². The maximum Gasteiger partial charge on any atom is 0.0990 e. The molecule has 2 unspecified atom stereocenters. The molecule has 0 spiro atoms. The van der Waals surface area contributed by atoms with Crippen LogP contribution in [-0.4, -0.2) is 41.6 Å². The van der Waals surface area contributed by atoms with E-state index in [0.717, 1.165) is 22.8 Å². The third-order valence-electron chi connectivity index (χ3n) is 3.82. The zero-order valence-electron chi connectivity index (χ0n) is 10.7. The van der Waals surface area contributed by atoms with Crippen molar-refractivity contribution in [3.63, 3.8) is 0 Å². The van der Waals surface area contributed by atoms with Gasteiger partial charge in [0, 0.05) is 36.4 Å². The standard InChI is InChI=1S/C14H19ClN2O2/c15-12-5-11(17-7-13(18)14(19)8-17)4-1-9(12)6-16-10-2-3-10/h1,4-5,10,13-14,16,18-19H,2-3,6-8H2. The predicted molar refractivity (Wildman–Crippen MR) is 75.5 cm³/mol. The van der Waals surface area contributed by atoms with Crippen LogP contribution < -0.4 is 10.2 Å². The van der Waals surface area contributed by atoms with Gasteiger partial charge in [0.1, 0.15) is 0 Å². The van der Waals surface area contributed by atoms with Crippen molar-refractivity contribution < 1.29 is 10.2 Å². The van der Waals surface area contributed by atoms with E-state index in [4.69, 9.17) is 11.6 Å². The van der Waals surface area contributed by atoms with Gasteiger partial charge in [0.05, 0.1) is 12.2 Å². The molecule has 4 nitrogen and oxygen atoms in total. The van der Waals surface area contributed by atoms with Crippen LogP contribution in [-0.2, 0) is 6.54 Å². The Balaban J connectivity index is 1.68. The van der Waals surface area contributed by atoms with Gasteiger partial charge in [-0.2, -0.15) is 0 Å². The molecule has 0 bridgehead atoms. The molecule has 0 radical (unpaired) electrons. The number of rotatable bonds is 4. The molecule has 3 rings (SSSR count). The quantitative estimate of drug-likeness (QED) is 0.775. The summed E-state index contributed by atoms with van der Waals surface area (Å²) >= 11 is 6.29. The molecule has 1 aliphatic carbocycles. The molecule has 2 aliphatic rings. The Kier molecular flexibility index (Phi) is 3.67. The topological polar surface area (TPSA) is 55.7 Å². The number of nitrogens with zero attached hydrogens (tertiary/aromatic N) is 1. The summed E-state index contributed by atoms with van der Waals surface area (Å²) < 4.78 is 0. The lowest BCUT2D eigenvalue weighted by Gasteiger charge is -2.19. The molecule has 104 valence electrons. The second-order valence-electron chi connectivity index (χ2n) is 5.47. The number of halogens is 1. The van der Waals surface area contributed by atoms with E-state index in [2.05, 4.69) is 5.32 Å². The van der Waals surface area contributed by atoms with Gasteiger partial charge in [-0.3, -0.25) is 0 Å². The average molecular weight is 283 g/mol. The molecule has 2 fully saturated rings. The maximum absolute atomic E-state index is 9.57. The number of hydrogen-bond donors (Lipinski definition) is 3. The molecule has 1 saturated heterocycles. The molecule has 0 amide bonds. The highest BCUT2D eigenvalue weighted by Gasteiger charge is 2.29. The zero-order valence-corrected chi connectivity index (χ0v) is 11.5. The van der Waals surface area contributed by atoms with Gasteiger partial charge in [-0.05, 0) is 30.5 Å². The zero-order chi connectivity index (χ0) is 13.4. The minimum Gasteiger partial charge on any atom is -0.389 e. The van der Waals surface area contributed by atoms with Crippen LogP contribution in [0.2, 0.25) is 5.02 Å². The summed E-state index contributed by atoms with van der Waals surface area (Å²) in [6, 6.07) is 6.60. The van der Waals surface area contributed by atoms with E-state index < -0.39 is 12.2 Å². The highest BCUT2D eigenvalue weighted by molar-refractivity contribution is 6.31. The minimum absolute atomic E-state index is 0.456. The summed E-state index contributed by atoms with van der Waals surface area (Å²) in [7, 11) is 0. The van der Waals surface area contributed by atoms with Crippen LogP contribution in [0, 0.1) is 0 Å². The molecule has 3 N–H and O–H groups in total. The van der Waals surface area contributed by atoms with Crippen LogP contribution in [0.25, 0.3) is 0 Å². The SMILES string of the molecule is OC1CN(c2ccc(CNC3CC3)c(Cl)c2)CC1O. The molecular weight excluding hydrogens is 264 g/mol. The van der Waals surface area contributed by atoms with E-state index >= 15 is 0 Å². The summed E-state index contributed by atoms with van der Waals surface area (Å²) in [5.74, 6) is 0. The highest BCUT2D eigenvalue weighted by atomic mass is 35.5. The molecule has 1 aromatic carbocycles. The van der Waals surface area contributed by atoms with Crippen LogP contribution in [0.5, 0.6) is 0 Å². The Morgan fingerprint density at radius 1 is 1.21 bits per heavy atom. The van der Waals surface area contributed by atoms with Crippen molar-refractivity contribution in [3.8, 4) is 0 Å². The maximum atomic E-state index is 9.57. The van der Waals surface area contributed by atoms with Crippen LogP contribution in [0.15, 0.2) is 18.2 Å². The first-order valence-electron chi connectivity index (χ1n) is 6.76. The van der Waals surface area contributed by atoms with Crippen LogP contribution in [0.3, 0.4) is 0 Å². The first-order valence-corrected chi connectivity index (χ1v) is 7.14. The Hall–Kier alpha value is -0.810. The fourth-order valence-corrected chi connectivity index (χ4v) is 2.64. The van der Waals surface area contributed by atoms with Gasteiger partial charge in [-0.25, -0.2) is 0 Å². The van der Waals surface area contributed by atoms with Gasteiger partial charge in [-0.15, -0.1) is 0 Å². The van der Waals surface area contributed by atoms with E-state index in [1.807, 2.05) is 23.1 Å². The number of nitrogens with one attached hydrogen (secondary N) is 1. The molecule has 19 heavy (non-hydrogen) atoms. The van der Waals surface area contributed by atoms with E-state index in [-0.39, 0.29) is 0 Å². The molecule has 1 aliphatic heterocycles. The van der Waals surface area contributed by atoms with E-state index in [1.54, 1.807) is 0 Å². The van der Waals surface area contributed by atoms with Crippen LogP contribution in [0.1, 0.15) is 18.4 Å². The van der Waals surface area contributed by atoms with Crippen LogP contribution >= 0.6 is 11.6 Å². The highest BCUT2D eigenvalue weighted by Crippen LogP contribution is 2.27. The van der Waals surface area contributed by atoms with Gasteiger partial charge >= 0.3 is 0 Å². The smallest absolute Gasteiger partial charge is 0.0990 e. The number of β-amino-alcohol motifs (C(OH)–C–C–N with tert-alkyl or cyclic N) is 2. The van der Waals surface area contributed by atoms with Crippen molar-refractivity contribution in [1.29, 1.82) is 0 Å². The summed E-state index contributed by atoms with van der Waals surface area (Å²) in [6.07, 6.45) is 1.18. The number of benzene rings is 1. The second-order valence-corrected chi connectivity index (χ2v) is 5.88. The monoisotopic (exact) mass is 282 g/mol. The molecule has 1 heterocycles. The number of aliphatic hydroxyl groups excluding tert-OH is 2. The van der Waals surface area contributed by atoms with E-state index in [0.29, 0.717) is 19.1 Å². The third-order valence-corrected chi connectivity index (χ3v) is 4.17. The van der Waals surface area contributed by atoms with Crippen molar-refractivity contribution >= 4 is 17.3 Å².